The largest absolute Gasteiger partial charge is 0.458 e. The van der Waals surface area contributed by atoms with Crippen LogP contribution in [0.1, 0.15) is 10.4 Å². The molecule has 0 N–H and O–H groups in total. The van der Waals surface area contributed by atoms with E-state index in [1.165, 1.54) is 12.1 Å². The van der Waals surface area contributed by atoms with E-state index in [1.807, 2.05) is 0 Å². The van der Waals surface area contributed by atoms with E-state index in [4.69, 9.17) is 0 Å². The number of esters is 1. The maximum atomic E-state index is 13.0. The van der Waals surface area contributed by atoms with Gasteiger partial charge in [-0.05, 0) is 12.1 Å². The predicted octanol–water partition coefficient (Wildman–Crippen LogP) is 2.31. The predicted molar refractivity (Wildman–Crippen MR) is 46.8 cm³/mol. The van der Waals surface area contributed by atoms with Gasteiger partial charge in [-0.25, -0.2) is 13.6 Å². The minimum absolute atomic E-state index is 0.0329. The summed E-state index contributed by atoms with van der Waals surface area (Å²) in [6.07, 6.45) is 1.34. The lowest BCUT2D eigenvalue weighted by molar-refractivity contribution is 0.0543. The number of rotatable bonds is 3. The highest BCUT2D eigenvalue weighted by Crippen LogP contribution is 2.12. The van der Waals surface area contributed by atoms with Crippen LogP contribution in [0, 0.1) is 11.6 Å². The maximum Gasteiger partial charge on any atom is 0.341 e. The molecule has 0 aliphatic rings. The molecular weight excluding hydrogens is 190 g/mol. The third-order valence-corrected chi connectivity index (χ3v) is 1.50. The molecule has 0 fully saturated rings. The van der Waals surface area contributed by atoms with Crippen molar-refractivity contribution in [1.29, 1.82) is 0 Å². The van der Waals surface area contributed by atoms with E-state index in [2.05, 4.69) is 11.3 Å². The van der Waals surface area contributed by atoms with Crippen molar-refractivity contribution < 1.29 is 18.3 Å². The fourth-order valence-electron chi connectivity index (χ4n) is 0.874. The standard InChI is InChI=1S/C10H8F2O2/c1-2-6-14-10(13)7-4-3-5-8(11)9(7)12/h2-5H,1,6H2. The molecule has 0 unspecified atom stereocenters. The van der Waals surface area contributed by atoms with Crippen LogP contribution in [-0.2, 0) is 4.74 Å². The average Bonchev–Trinajstić information content (AvgIpc) is 2.18. The third-order valence-electron chi connectivity index (χ3n) is 1.50. The molecule has 0 saturated carbocycles. The minimum Gasteiger partial charge on any atom is -0.458 e. The van der Waals surface area contributed by atoms with Crippen LogP contribution < -0.4 is 0 Å². The first-order valence-electron chi connectivity index (χ1n) is 3.89. The Morgan fingerprint density at radius 2 is 2.21 bits per heavy atom. The fourth-order valence-corrected chi connectivity index (χ4v) is 0.874. The molecule has 0 amide bonds. The molecule has 74 valence electrons. The van der Waals surface area contributed by atoms with Crippen LogP contribution in [0.25, 0.3) is 0 Å². The summed E-state index contributed by atoms with van der Waals surface area (Å²) in [6.45, 7) is 3.29. The van der Waals surface area contributed by atoms with E-state index in [0.717, 1.165) is 12.1 Å². The van der Waals surface area contributed by atoms with Gasteiger partial charge in [0.15, 0.2) is 11.6 Å². The SMILES string of the molecule is C=CCOC(=O)c1cccc(F)c1F. The molecule has 0 aliphatic heterocycles. The molecule has 0 aromatic heterocycles. The Morgan fingerprint density at radius 3 is 2.86 bits per heavy atom. The highest BCUT2D eigenvalue weighted by atomic mass is 19.2. The molecule has 0 heterocycles. The van der Waals surface area contributed by atoms with Crippen molar-refractivity contribution in [2.24, 2.45) is 0 Å². The van der Waals surface area contributed by atoms with Crippen LogP contribution in [0.4, 0.5) is 8.78 Å². The van der Waals surface area contributed by atoms with Crippen molar-refractivity contribution in [3.63, 3.8) is 0 Å². The van der Waals surface area contributed by atoms with Gasteiger partial charge in [-0.2, -0.15) is 0 Å². The summed E-state index contributed by atoms with van der Waals surface area (Å²) >= 11 is 0. The molecule has 0 bridgehead atoms. The lowest BCUT2D eigenvalue weighted by Gasteiger charge is -2.02. The Balaban J connectivity index is 2.89. The summed E-state index contributed by atoms with van der Waals surface area (Å²) in [5.74, 6) is -3.17. The second-order valence-corrected chi connectivity index (χ2v) is 2.49. The van der Waals surface area contributed by atoms with E-state index in [1.54, 1.807) is 0 Å². The first-order valence-corrected chi connectivity index (χ1v) is 3.89. The molecular formula is C10H8F2O2. The molecule has 1 aromatic carbocycles. The van der Waals surface area contributed by atoms with Crippen LogP contribution >= 0.6 is 0 Å². The van der Waals surface area contributed by atoms with Crippen LogP contribution in [0.15, 0.2) is 30.9 Å². The van der Waals surface area contributed by atoms with Gasteiger partial charge < -0.3 is 4.74 Å². The van der Waals surface area contributed by atoms with Crippen LogP contribution in [0.3, 0.4) is 0 Å². The Morgan fingerprint density at radius 1 is 1.50 bits per heavy atom. The van der Waals surface area contributed by atoms with E-state index in [-0.39, 0.29) is 6.61 Å². The van der Waals surface area contributed by atoms with Gasteiger partial charge in [0.25, 0.3) is 0 Å². The van der Waals surface area contributed by atoms with Gasteiger partial charge in [0.2, 0.25) is 0 Å². The molecule has 1 aromatic rings. The fraction of sp³-hybridized carbons (Fsp3) is 0.100. The summed E-state index contributed by atoms with van der Waals surface area (Å²) in [7, 11) is 0. The van der Waals surface area contributed by atoms with Crippen molar-refractivity contribution in [2.45, 2.75) is 0 Å². The van der Waals surface area contributed by atoms with Crippen LogP contribution in [0.2, 0.25) is 0 Å². The smallest absolute Gasteiger partial charge is 0.341 e. The monoisotopic (exact) mass is 198 g/mol. The molecule has 0 spiro atoms. The summed E-state index contributed by atoms with van der Waals surface area (Å²) in [6, 6.07) is 3.33. The average molecular weight is 198 g/mol. The highest BCUT2D eigenvalue weighted by Gasteiger charge is 2.15. The van der Waals surface area contributed by atoms with E-state index < -0.39 is 23.2 Å². The maximum absolute atomic E-state index is 13.0. The lowest BCUT2D eigenvalue weighted by atomic mass is 10.2. The highest BCUT2D eigenvalue weighted by molar-refractivity contribution is 5.89. The summed E-state index contributed by atoms with van der Waals surface area (Å²) in [4.78, 5) is 11.1. The van der Waals surface area contributed by atoms with Gasteiger partial charge in [0, 0.05) is 0 Å². The van der Waals surface area contributed by atoms with Gasteiger partial charge in [-0.15, -0.1) is 0 Å². The molecule has 0 radical (unpaired) electrons. The van der Waals surface area contributed by atoms with Crippen molar-refractivity contribution >= 4 is 5.97 Å². The summed E-state index contributed by atoms with van der Waals surface area (Å²) in [5, 5.41) is 0. The molecule has 2 nitrogen and oxygen atoms in total. The van der Waals surface area contributed by atoms with Crippen molar-refractivity contribution in [3.8, 4) is 0 Å². The molecule has 0 atom stereocenters. The quantitative estimate of drug-likeness (QED) is 0.550. The van der Waals surface area contributed by atoms with E-state index >= 15 is 0 Å². The Kier molecular flexibility index (Phi) is 3.34. The first-order chi connectivity index (χ1) is 6.66. The topological polar surface area (TPSA) is 26.3 Å². The van der Waals surface area contributed by atoms with E-state index in [0.29, 0.717) is 0 Å². The van der Waals surface area contributed by atoms with Crippen LogP contribution in [-0.4, -0.2) is 12.6 Å². The molecule has 1 rings (SSSR count). The summed E-state index contributed by atoms with van der Waals surface area (Å²) < 4.78 is 30.2. The Labute approximate surface area is 79.8 Å². The first kappa shape index (κ1) is 10.4. The molecule has 0 saturated heterocycles. The molecule has 4 heteroatoms. The normalized spacial score (nSPS) is 9.57. The van der Waals surface area contributed by atoms with Crippen molar-refractivity contribution in [1.82, 2.24) is 0 Å². The zero-order chi connectivity index (χ0) is 10.6. The van der Waals surface area contributed by atoms with Crippen molar-refractivity contribution in [2.75, 3.05) is 6.61 Å². The number of hydrogen-bond acceptors (Lipinski definition) is 2. The zero-order valence-electron chi connectivity index (χ0n) is 7.30. The van der Waals surface area contributed by atoms with Crippen molar-refractivity contribution in [3.05, 3.63) is 48.1 Å². The number of halogens is 2. The Bertz CT molecular complexity index is 361. The number of carbonyl (C=O) groups is 1. The Hall–Kier alpha value is -1.71. The second-order valence-electron chi connectivity index (χ2n) is 2.49. The molecule has 14 heavy (non-hydrogen) atoms. The number of benzene rings is 1. The number of carbonyl (C=O) groups excluding carboxylic acids is 1. The van der Waals surface area contributed by atoms with E-state index in [9.17, 15) is 13.6 Å². The minimum atomic E-state index is -1.19. The van der Waals surface area contributed by atoms with Gasteiger partial charge in [-0.1, -0.05) is 18.7 Å². The van der Waals surface area contributed by atoms with Gasteiger partial charge in [-0.3, -0.25) is 0 Å². The van der Waals surface area contributed by atoms with Crippen LogP contribution in [0.5, 0.6) is 0 Å². The number of hydrogen-bond donors (Lipinski definition) is 0. The molecule has 0 aliphatic carbocycles. The van der Waals surface area contributed by atoms with Gasteiger partial charge in [0.1, 0.15) is 6.61 Å². The lowest BCUT2D eigenvalue weighted by Crippen LogP contribution is -2.08. The second kappa shape index (κ2) is 4.50. The third kappa shape index (κ3) is 2.16. The zero-order valence-corrected chi connectivity index (χ0v) is 7.30. The number of ether oxygens (including phenoxy) is 1. The van der Waals surface area contributed by atoms with Gasteiger partial charge >= 0.3 is 5.97 Å². The summed E-state index contributed by atoms with van der Waals surface area (Å²) in [5.41, 5.74) is -0.410. The van der Waals surface area contributed by atoms with Gasteiger partial charge in [0.05, 0.1) is 5.56 Å².